The van der Waals surface area contributed by atoms with E-state index < -0.39 is 12.2 Å². The highest BCUT2D eigenvalue weighted by Gasteiger charge is 2.35. The summed E-state index contributed by atoms with van der Waals surface area (Å²) >= 11 is 0. The first-order valence-electron chi connectivity index (χ1n) is 8.14. The minimum atomic E-state index is -0.648. The smallest absolute Gasteiger partial charge is 0.251 e. The zero-order valence-corrected chi connectivity index (χ0v) is 13.4. The van der Waals surface area contributed by atoms with Gasteiger partial charge in [-0.1, -0.05) is 48.5 Å². The minimum Gasteiger partial charge on any atom is -0.389 e. The number of carbonyl (C=O) groups is 1. The summed E-state index contributed by atoms with van der Waals surface area (Å²) in [4.78, 5) is 12.0. The Hall–Kier alpha value is -2.21. The van der Waals surface area contributed by atoms with Gasteiger partial charge in [0.05, 0.1) is 18.8 Å². The number of aliphatic hydroxyl groups is 1. The van der Waals surface area contributed by atoms with E-state index in [1.807, 2.05) is 48.5 Å². The Morgan fingerprint density at radius 2 is 1.75 bits per heavy atom. The molecule has 3 atom stereocenters. The summed E-state index contributed by atoms with van der Waals surface area (Å²) in [6.45, 7) is 1.40. The highest BCUT2D eigenvalue weighted by molar-refractivity contribution is 5.94. The third-order valence-electron chi connectivity index (χ3n) is 4.19. The van der Waals surface area contributed by atoms with Gasteiger partial charge in [-0.05, 0) is 17.7 Å². The third-order valence-corrected chi connectivity index (χ3v) is 4.19. The molecule has 0 radical (unpaired) electrons. The second-order valence-corrected chi connectivity index (χ2v) is 5.91. The molecule has 1 heterocycles. The van der Waals surface area contributed by atoms with E-state index in [1.165, 1.54) is 0 Å². The monoisotopic (exact) mass is 326 g/mol. The zero-order chi connectivity index (χ0) is 16.8. The van der Waals surface area contributed by atoms with Crippen LogP contribution < -0.4 is 10.6 Å². The maximum atomic E-state index is 12.0. The van der Waals surface area contributed by atoms with E-state index in [4.69, 9.17) is 4.74 Å². The lowest BCUT2D eigenvalue weighted by atomic mass is 10.1. The number of benzene rings is 2. The lowest BCUT2D eigenvalue weighted by Gasteiger charge is -2.19. The molecule has 3 N–H and O–H groups in total. The van der Waals surface area contributed by atoms with Crippen molar-refractivity contribution in [2.24, 2.45) is 0 Å². The van der Waals surface area contributed by atoms with Crippen LogP contribution in [-0.2, 0) is 11.3 Å². The average molecular weight is 326 g/mol. The lowest BCUT2D eigenvalue weighted by Crippen LogP contribution is -2.44. The Morgan fingerprint density at radius 3 is 2.46 bits per heavy atom. The number of carbonyl (C=O) groups excluding carboxylic acids is 1. The Bertz CT molecular complexity index is 648. The molecule has 1 saturated heterocycles. The van der Waals surface area contributed by atoms with Gasteiger partial charge in [0.15, 0.2) is 0 Å². The molecule has 0 saturated carbocycles. The summed E-state index contributed by atoms with van der Waals surface area (Å²) in [5.41, 5.74) is 1.76. The van der Waals surface area contributed by atoms with Crippen molar-refractivity contribution < 1.29 is 14.6 Å². The third kappa shape index (κ3) is 4.20. The van der Waals surface area contributed by atoms with E-state index >= 15 is 0 Å². The molecule has 1 fully saturated rings. The predicted molar refractivity (Wildman–Crippen MR) is 91.6 cm³/mol. The number of hydrogen-bond acceptors (Lipinski definition) is 4. The van der Waals surface area contributed by atoms with Gasteiger partial charge in [-0.25, -0.2) is 0 Å². The van der Waals surface area contributed by atoms with Gasteiger partial charge in [-0.2, -0.15) is 0 Å². The molecule has 24 heavy (non-hydrogen) atoms. The highest BCUT2D eigenvalue weighted by atomic mass is 16.5. The summed E-state index contributed by atoms with van der Waals surface area (Å²) in [5.74, 6) is -0.160. The first-order chi connectivity index (χ1) is 11.7. The molecule has 1 aliphatic rings. The predicted octanol–water partition coefficient (Wildman–Crippen LogP) is 1.33. The Balaban J connectivity index is 1.46. The Labute approximate surface area is 141 Å². The van der Waals surface area contributed by atoms with Crippen LogP contribution in [0.3, 0.4) is 0 Å². The van der Waals surface area contributed by atoms with Crippen molar-refractivity contribution >= 4 is 5.91 Å². The van der Waals surface area contributed by atoms with E-state index in [0.29, 0.717) is 25.3 Å². The molecule has 126 valence electrons. The number of aliphatic hydroxyl groups excluding tert-OH is 1. The van der Waals surface area contributed by atoms with E-state index in [-0.39, 0.29) is 11.9 Å². The molecule has 5 nitrogen and oxygen atoms in total. The van der Waals surface area contributed by atoms with Crippen molar-refractivity contribution in [3.05, 3.63) is 71.8 Å². The van der Waals surface area contributed by atoms with Crippen LogP contribution in [-0.4, -0.2) is 42.4 Å². The summed E-state index contributed by atoms with van der Waals surface area (Å²) in [6, 6.07) is 18.9. The van der Waals surface area contributed by atoms with Gasteiger partial charge >= 0.3 is 0 Å². The van der Waals surface area contributed by atoms with Crippen LogP contribution in [0.15, 0.2) is 60.7 Å². The molecule has 0 aromatic heterocycles. The van der Waals surface area contributed by atoms with Gasteiger partial charge in [-0.15, -0.1) is 0 Å². The quantitative estimate of drug-likeness (QED) is 0.749. The van der Waals surface area contributed by atoms with Gasteiger partial charge < -0.3 is 20.5 Å². The molecule has 0 bridgehead atoms. The molecular formula is C19H22N2O3. The standard InChI is InChI=1S/C19H22N2O3/c22-18-16(20-11-14-7-3-1-4-8-14)13-24-17(18)12-21-19(23)15-9-5-2-6-10-15/h1-10,16-18,20,22H,11-13H2,(H,21,23). The summed E-state index contributed by atoms with van der Waals surface area (Å²) in [6.07, 6.45) is -1.05. The Morgan fingerprint density at radius 1 is 1.08 bits per heavy atom. The van der Waals surface area contributed by atoms with E-state index in [0.717, 1.165) is 5.56 Å². The number of nitrogens with one attached hydrogen (secondary N) is 2. The SMILES string of the molecule is O=C(NCC1OCC(NCc2ccccc2)C1O)c1ccccc1. The van der Waals surface area contributed by atoms with Crippen LogP contribution in [0.1, 0.15) is 15.9 Å². The number of rotatable bonds is 6. The van der Waals surface area contributed by atoms with Gasteiger partial charge in [0.25, 0.3) is 5.91 Å². The fourth-order valence-corrected chi connectivity index (χ4v) is 2.77. The molecule has 0 aliphatic carbocycles. The van der Waals surface area contributed by atoms with Crippen LogP contribution >= 0.6 is 0 Å². The van der Waals surface area contributed by atoms with Crippen LogP contribution in [0.25, 0.3) is 0 Å². The fourth-order valence-electron chi connectivity index (χ4n) is 2.77. The summed E-state index contributed by atoms with van der Waals surface area (Å²) < 4.78 is 5.63. The van der Waals surface area contributed by atoms with Crippen LogP contribution in [0.5, 0.6) is 0 Å². The minimum absolute atomic E-state index is 0.135. The maximum Gasteiger partial charge on any atom is 0.251 e. The van der Waals surface area contributed by atoms with Crippen molar-refractivity contribution in [1.82, 2.24) is 10.6 Å². The van der Waals surface area contributed by atoms with Gasteiger partial charge in [-0.3, -0.25) is 4.79 Å². The largest absolute Gasteiger partial charge is 0.389 e. The Kier molecular flexibility index (Phi) is 5.59. The first kappa shape index (κ1) is 16.6. The number of hydrogen-bond donors (Lipinski definition) is 3. The second-order valence-electron chi connectivity index (χ2n) is 5.91. The van der Waals surface area contributed by atoms with Crippen molar-refractivity contribution in [1.29, 1.82) is 0 Å². The average Bonchev–Trinajstić information content (AvgIpc) is 2.99. The van der Waals surface area contributed by atoms with Crippen LogP contribution in [0.4, 0.5) is 0 Å². The van der Waals surface area contributed by atoms with E-state index in [1.54, 1.807) is 12.1 Å². The zero-order valence-electron chi connectivity index (χ0n) is 13.4. The summed E-state index contributed by atoms with van der Waals surface area (Å²) in [5, 5.41) is 16.5. The lowest BCUT2D eigenvalue weighted by molar-refractivity contribution is 0.0398. The van der Waals surface area contributed by atoms with E-state index in [9.17, 15) is 9.90 Å². The van der Waals surface area contributed by atoms with Crippen molar-refractivity contribution in [3.8, 4) is 0 Å². The summed E-state index contributed by atoms with van der Waals surface area (Å²) in [7, 11) is 0. The maximum absolute atomic E-state index is 12.0. The van der Waals surface area contributed by atoms with Gasteiger partial charge in [0.1, 0.15) is 6.10 Å². The van der Waals surface area contributed by atoms with E-state index in [2.05, 4.69) is 10.6 Å². The fraction of sp³-hybridized carbons (Fsp3) is 0.316. The molecule has 1 amide bonds. The number of ether oxygens (including phenoxy) is 1. The first-order valence-corrected chi connectivity index (χ1v) is 8.14. The normalized spacial score (nSPS) is 23.1. The molecule has 5 heteroatoms. The van der Waals surface area contributed by atoms with Gasteiger partial charge in [0, 0.05) is 18.7 Å². The molecule has 3 unspecified atom stereocenters. The second kappa shape index (κ2) is 8.06. The van der Waals surface area contributed by atoms with Crippen LogP contribution in [0, 0.1) is 0 Å². The molecule has 0 spiro atoms. The number of amides is 1. The highest BCUT2D eigenvalue weighted by Crippen LogP contribution is 2.15. The molecule has 1 aliphatic heterocycles. The molecular weight excluding hydrogens is 304 g/mol. The molecule has 3 rings (SSSR count). The van der Waals surface area contributed by atoms with Crippen molar-refractivity contribution in [3.63, 3.8) is 0 Å². The molecule has 2 aromatic carbocycles. The van der Waals surface area contributed by atoms with Crippen molar-refractivity contribution in [2.75, 3.05) is 13.2 Å². The molecule has 2 aromatic rings. The van der Waals surface area contributed by atoms with Crippen LogP contribution in [0.2, 0.25) is 0 Å². The van der Waals surface area contributed by atoms with Gasteiger partial charge in [0.2, 0.25) is 0 Å². The van der Waals surface area contributed by atoms with Crippen molar-refractivity contribution in [2.45, 2.75) is 24.8 Å². The topological polar surface area (TPSA) is 70.6 Å².